The van der Waals surface area contributed by atoms with E-state index in [2.05, 4.69) is 10.3 Å². The average Bonchev–Trinajstić information content (AvgIpc) is 2.94. The highest BCUT2D eigenvalue weighted by Crippen LogP contribution is 2.38. The van der Waals surface area contributed by atoms with Crippen molar-refractivity contribution in [3.8, 4) is 5.69 Å². The van der Waals surface area contributed by atoms with E-state index in [1.165, 1.54) is 0 Å². The van der Waals surface area contributed by atoms with Gasteiger partial charge in [0.05, 0.1) is 23.6 Å². The van der Waals surface area contributed by atoms with E-state index >= 15 is 0 Å². The molecule has 0 atom stereocenters. The van der Waals surface area contributed by atoms with Gasteiger partial charge < -0.3 is 4.74 Å². The molecule has 6 heteroatoms. The standard InChI is InChI=1S/C17H19N3O3/c1-2-9-23-17(22)13-7-4-8-14(10-13)20-16(12-5-3-6-12)15(11-21)18-19-20/h4,7-8,10-12H,2-3,5-6,9H2,1H3. The van der Waals surface area contributed by atoms with Gasteiger partial charge in [-0.05, 0) is 37.5 Å². The van der Waals surface area contributed by atoms with E-state index in [4.69, 9.17) is 4.74 Å². The molecule has 3 rings (SSSR count). The summed E-state index contributed by atoms with van der Waals surface area (Å²) in [5, 5.41) is 8.07. The van der Waals surface area contributed by atoms with Crippen LogP contribution in [0.4, 0.5) is 0 Å². The van der Waals surface area contributed by atoms with Crippen LogP contribution < -0.4 is 0 Å². The molecule has 1 heterocycles. The molecule has 120 valence electrons. The Balaban J connectivity index is 1.94. The number of benzene rings is 1. The maximum Gasteiger partial charge on any atom is 0.338 e. The zero-order chi connectivity index (χ0) is 16.2. The van der Waals surface area contributed by atoms with Crippen LogP contribution in [-0.4, -0.2) is 33.9 Å². The third-order valence-electron chi connectivity index (χ3n) is 4.10. The summed E-state index contributed by atoms with van der Waals surface area (Å²) in [5.41, 5.74) is 2.41. The highest BCUT2D eigenvalue weighted by molar-refractivity contribution is 5.90. The van der Waals surface area contributed by atoms with Gasteiger partial charge in [-0.3, -0.25) is 4.79 Å². The molecule has 0 unspecified atom stereocenters. The largest absolute Gasteiger partial charge is 0.462 e. The third kappa shape index (κ3) is 3.02. The zero-order valence-electron chi connectivity index (χ0n) is 13.1. The third-order valence-corrected chi connectivity index (χ3v) is 4.10. The van der Waals surface area contributed by atoms with Gasteiger partial charge in [-0.2, -0.15) is 0 Å². The number of carbonyl (C=O) groups is 2. The fraction of sp³-hybridized carbons (Fsp3) is 0.412. The van der Waals surface area contributed by atoms with Gasteiger partial charge >= 0.3 is 5.97 Å². The van der Waals surface area contributed by atoms with E-state index in [0.29, 0.717) is 23.8 Å². The summed E-state index contributed by atoms with van der Waals surface area (Å²) in [5.74, 6) is -0.0458. The Bertz CT molecular complexity index is 720. The smallest absolute Gasteiger partial charge is 0.338 e. The molecule has 2 aromatic rings. The van der Waals surface area contributed by atoms with Crippen LogP contribution in [0.1, 0.15) is 65.1 Å². The lowest BCUT2D eigenvalue weighted by Gasteiger charge is -2.26. The van der Waals surface area contributed by atoms with Crippen LogP contribution in [0, 0.1) is 0 Å². The Morgan fingerprint density at radius 1 is 1.43 bits per heavy atom. The SMILES string of the molecule is CCCOC(=O)c1cccc(-n2nnc(C=O)c2C2CCC2)c1. The Morgan fingerprint density at radius 3 is 2.91 bits per heavy atom. The molecule has 1 aromatic heterocycles. The lowest BCUT2D eigenvalue weighted by molar-refractivity contribution is 0.0505. The summed E-state index contributed by atoms with van der Waals surface area (Å²) < 4.78 is 6.83. The van der Waals surface area contributed by atoms with Gasteiger partial charge in [-0.15, -0.1) is 5.10 Å². The minimum absolute atomic E-state index is 0.306. The topological polar surface area (TPSA) is 74.1 Å². The van der Waals surface area contributed by atoms with Gasteiger partial charge in [0.25, 0.3) is 0 Å². The highest BCUT2D eigenvalue weighted by atomic mass is 16.5. The molecule has 1 aliphatic carbocycles. The van der Waals surface area contributed by atoms with Crippen molar-refractivity contribution in [2.24, 2.45) is 0 Å². The Labute approximate surface area is 134 Å². The second kappa shape index (κ2) is 6.73. The Kier molecular flexibility index (Phi) is 4.50. The fourth-order valence-corrected chi connectivity index (χ4v) is 2.68. The number of hydrogen-bond acceptors (Lipinski definition) is 5. The summed E-state index contributed by atoms with van der Waals surface area (Å²) in [4.78, 5) is 23.2. The molecule has 0 radical (unpaired) electrons. The molecule has 0 spiro atoms. The molecule has 0 N–H and O–H groups in total. The van der Waals surface area contributed by atoms with Gasteiger partial charge in [0.1, 0.15) is 5.69 Å². The van der Waals surface area contributed by atoms with Crippen molar-refractivity contribution in [2.45, 2.75) is 38.5 Å². The van der Waals surface area contributed by atoms with Gasteiger partial charge in [0, 0.05) is 5.92 Å². The predicted molar refractivity (Wildman–Crippen MR) is 83.9 cm³/mol. The van der Waals surface area contributed by atoms with E-state index in [-0.39, 0.29) is 5.97 Å². The van der Waals surface area contributed by atoms with Crippen LogP contribution >= 0.6 is 0 Å². The summed E-state index contributed by atoms with van der Waals surface area (Å²) >= 11 is 0. The van der Waals surface area contributed by atoms with Crippen LogP contribution in [0.15, 0.2) is 24.3 Å². The Hall–Kier alpha value is -2.50. The van der Waals surface area contributed by atoms with Gasteiger partial charge in [-0.1, -0.05) is 24.6 Å². The molecular formula is C17H19N3O3. The van der Waals surface area contributed by atoms with Crippen LogP contribution in [0.3, 0.4) is 0 Å². The number of ether oxygens (including phenoxy) is 1. The molecule has 0 amide bonds. The van der Waals surface area contributed by atoms with E-state index < -0.39 is 0 Å². The number of aromatic nitrogens is 3. The monoisotopic (exact) mass is 313 g/mol. The molecule has 1 aliphatic rings. The molecule has 6 nitrogen and oxygen atoms in total. The van der Waals surface area contributed by atoms with Crippen molar-refractivity contribution in [1.82, 2.24) is 15.0 Å². The van der Waals surface area contributed by atoms with Crippen LogP contribution in [0.25, 0.3) is 5.69 Å². The average molecular weight is 313 g/mol. The van der Waals surface area contributed by atoms with E-state index in [1.54, 1.807) is 22.9 Å². The zero-order valence-corrected chi connectivity index (χ0v) is 13.1. The van der Waals surface area contributed by atoms with Gasteiger partial charge in [-0.25, -0.2) is 9.48 Å². The molecule has 1 aromatic carbocycles. The lowest BCUT2D eigenvalue weighted by atomic mass is 9.82. The quantitative estimate of drug-likeness (QED) is 0.605. The minimum Gasteiger partial charge on any atom is -0.462 e. The lowest BCUT2D eigenvalue weighted by Crippen LogP contribution is -2.16. The van der Waals surface area contributed by atoms with Gasteiger partial charge in [0.2, 0.25) is 0 Å². The van der Waals surface area contributed by atoms with Crippen molar-refractivity contribution in [1.29, 1.82) is 0 Å². The van der Waals surface area contributed by atoms with E-state index in [1.807, 2.05) is 13.0 Å². The molecule has 0 bridgehead atoms. The normalized spacial score (nSPS) is 14.3. The minimum atomic E-state index is -0.352. The molecule has 1 saturated carbocycles. The highest BCUT2D eigenvalue weighted by Gasteiger charge is 2.28. The molecule has 1 fully saturated rings. The summed E-state index contributed by atoms with van der Waals surface area (Å²) in [6.07, 6.45) is 4.75. The summed E-state index contributed by atoms with van der Waals surface area (Å²) in [7, 11) is 0. The first-order valence-electron chi connectivity index (χ1n) is 7.93. The Morgan fingerprint density at radius 2 is 2.26 bits per heavy atom. The fourth-order valence-electron chi connectivity index (χ4n) is 2.68. The first-order chi connectivity index (χ1) is 11.2. The maximum atomic E-state index is 12.0. The second-order valence-corrected chi connectivity index (χ2v) is 5.70. The van der Waals surface area contributed by atoms with Crippen molar-refractivity contribution in [2.75, 3.05) is 6.61 Å². The van der Waals surface area contributed by atoms with Gasteiger partial charge in [0.15, 0.2) is 6.29 Å². The summed E-state index contributed by atoms with van der Waals surface area (Å²) in [6, 6.07) is 7.07. The molecule has 0 aliphatic heterocycles. The first-order valence-corrected chi connectivity index (χ1v) is 7.93. The first kappa shape index (κ1) is 15.4. The van der Waals surface area contributed by atoms with Crippen LogP contribution in [-0.2, 0) is 4.74 Å². The van der Waals surface area contributed by atoms with E-state index in [9.17, 15) is 9.59 Å². The second-order valence-electron chi connectivity index (χ2n) is 5.70. The number of nitrogens with zero attached hydrogens (tertiary/aromatic N) is 3. The number of rotatable bonds is 6. The summed E-state index contributed by atoms with van der Waals surface area (Å²) in [6.45, 7) is 2.35. The van der Waals surface area contributed by atoms with E-state index in [0.717, 1.165) is 43.4 Å². The number of hydrogen-bond donors (Lipinski definition) is 0. The van der Waals surface area contributed by atoms with Crippen molar-refractivity contribution in [3.05, 3.63) is 41.2 Å². The van der Waals surface area contributed by atoms with Crippen molar-refractivity contribution in [3.63, 3.8) is 0 Å². The number of aldehydes is 1. The van der Waals surface area contributed by atoms with Crippen molar-refractivity contribution < 1.29 is 14.3 Å². The molecular weight excluding hydrogens is 294 g/mol. The molecule has 23 heavy (non-hydrogen) atoms. The van der Waals surface area contributed by atoms with Crippen LogP contribution in [0.2, 0.25) is 0 Å². The molecule has 0 saturated heterocycles. The number of carbonyl (C=O) groups excluding carboxylic acids is 2. The number of esters is 1. The van der Waals surface area contributed by atoms with Crippen molar-refractivity contribution >= 4 is 12.3 Å². The predicted octanol–water partition coefficient (Wildman–Crippen LogP) is 2.91. The van der Waals surface area contributed by atoms with Crippen LogP contribution in [0.5, 0.6) is 0 Å². The maximum absolute atomic E-state index is 12.0.